The van der Waals surface area contributed by atoms with Crippen molar-refractivity contribution in [3.05, 3.63) is 0 Å². The molecule has 0 radical (unpaired) electrons. The summed E-state index contributed by atoms with van der Waals surface area (Å²) in [5, 5.41) is 0. The molecule has 0 aromatic carbocycles. The van der Waals surface area contributed by atoms with E-state index in [4.69, 9.17) is 0 Å². The van der Waals surface area contributed by atoms with Crippen LogP contribution >= 0.6 is 0 Å². The van der Waals surface area contributed by atoms with Crippen molar-refractivity contribution in [1.82, 2.24) is 4.90 Å². The molecule has 1 heteroatoms. The Kier molecular flexibility index (Phi) is 2.89. The molecule has 3 atom stereocenters. The lowest BCUT2D eigenvalue weighted by atomic mass is 9.61. The van der Waals surface area contributed by atoms with E-state index in [0.29, 0.717) is 11.0 Å². The Morgan fingerprint density at radius 2 is 1.56 bits per heavy atom. The first-order valence-electron chi connectivity index (χ1n) is 6.96. The van der Waals surface area contributed by atoms with Gasteiger partial charge in [-0.15, -0.1) is 0 Å². The van der Waals surface area contributed by atoms with Gasteiger partial charge in [-0.2, -0.15) is 0 Å². The zero-order valence-corrected chi connectivity index (χ0v) is 12.0. The molecule has 1 unspecified atom stereocenters. The minimum Gasteiger partial charge on any atom is -0.295 e. The maximum Gasteiger partial charge on any atom is 0.0128 e. The van der Waals surface area contributed by atoms with Crippen LogP contribution in [0.1, 0.15) is 60.8 Å². The summed E-state index contributed by atoms with van der Waals surface area (Å²) >= 11 is 0. The Hall–Kier alpha value is -0.0400. The molecule has 2 heterocycles. The fourth-order valence-corrected chi connectivity index (χ4v) is 4.00. The summed E-state index contributed by atoms with van der Waals surface area (Å²) in [5.74, 6) is 1.90. The molecule has 2 saturated heterocycles. The van der Waals surface area contributed by atoms with E-state index < -0.39 is 0 Å². The van der Waals surface area contributed by atoms with Crippen molar-refractivity contribution in [1.29, 1.82) is 0 Å². The van der Waals surface area contributed by atoms with Crippen LogP contribution in [-0.2, 0) is 0 Å². The van der Waals surface area contributed by atoms with Gasteiger partial charge in [0.1, 0.15) is 0 Å². The van der Waals surface area contributed by atoms with Gasteiger partial charge in [-0.1, -0.05) is 20.8 Å². The van der Waals surface area contributed by atoms with Gasteiger partial charge >= 0.3 is 0 Å². The topological polar surface area (TPSA) is 3.24 Å². The molecule has 3 fully saturated rings. The first kappa shape index (κ1) is 12.4. The number of piperidine rings is 2. The van der Waals surface area contributed by atoms with E-state index in [1.165, 1.54) is 25.8 Å². The predicted molar refractivity (Wildman–Crippen MR) is 70.5 cm³/mol. The molecular weight excluding hydrogens is 194 g/mol. The molecule has 1 nitrogen and oxygen atoms in total. The van der Waals surface area contributed by atoms with Crippen molar-refractivity contribution in [2.75, 3.05) is 6.54 Å². The van der Waals surface area contributed by atoms with E-state index in [1.807, 2.05) is 0 Å². The molecule has 1 saturated carbocycles. The highest BCUT2D eigenvalue weighted by Crippen LogP contribution is 2.48. The van der Waals surface area contributed by atoms with Crippen LogP contribution in [0.3, 0.4) is 0 Å². The molecule has 3 aliphatic rings. The van der Waals surface area contributed by atoms with Crippen molar-refractivity contribution in [2.24, 2.45) is 17.3 Å². The SMILES string of the molecule is CC(C)(C)C1C[C@@H]2CC[C@H]1CN2C(C)(C)C. The largest absolute Gasteiger partial charge is 0.295 e. The second-order valence-electron chi connectivity index (χ2n) is 8.02. The summed E-state index contributed by atoms with van der Waals surface area (Å²) < 4.78 is 0. The van der Waals surface area contributed by atoms with Gasteiger partial charge in [0.2, 0.25) is 0 Å². The third-order valence-electron chi connectivity index (χ3n) is 4.81. The van der Waals surface area contributed by atoms with E-state index in [9.17, 15) is 0 Å². The molecule has 0 aromatic rings. The average Bonchev–Trinajstić information content (AvgIpc) is 2.15. The van der Waals surface area contributed by atoms with E-state index >= 15 is 0 Å². The van der Waals surface area contributed by atoms with Crippen LogP contribution in [0.25, 0.3) is 0 Å². The minimum absolute atomic E-state index is 0.367. The van der Waals surface area contributed by atoms with Gasteiger partial charge in [0, 0.05) is 18.1 Å². The predicted octanol–water partition coefficient (Wildman–Crippen LogP) is 3.93. The Morgan fingerprint density at radius 3 is 1.94 bits per heavy atom. The van der Waals surface area contributed by atoms with Crippen LogP contribution in [0, 0.1) is 17.3 Å². The standard InChI is InChI=1S/C15H29N/c1-14(2,3)13-9-12-8-7-11(13)10-16(12)15(4,5)6/h11-13H,7-10H2,1-6H3/t11-,12-,13?/m0/s1. The van der Waals surface area contributed by atoms with Gasteiger partial charge in [0.25, 0.3) is 0 Å². The van der Waals surface area contributed by atoms with Crippen LogP contribution in [-0.4, -0.2) is 23.0 Å². The summed E-state index contributed by atoms with van der Waals surface area (Å²) in [5.41, 5.74) is 0.875. The lowest BCUT2D eigenvalue weighted by molar-refractivity contribution is -0.0758. The highest BCUT2D eigenvalue weighted by Gasteiger charge is 2.47. The summed E-state index contributed by atoms with van der Waals surface area (Å²) in [6.45, 7) is 15.8. The van der Waals surface area contributed by atoms with Crippen LogP contribution in [0.2, 0.25) is 0 Å². The highest BCUT2D eigenvalue weighted by molar-refractivity contribution is 5.00. The summed E-state index contributed by atoms with van der Waals surface area (Å²) in [4.78, 5) is 2.77. The molecule has 94 valence electrons. The lowest BCUT2D eigenvalue weighted by Gasteiger charge is -2.57. The monoisotopic (exact) mass is 223 g/mol. The quantitative estimate of drug-likeness (QED) is 0.601. The number of nitrogens with zero attached hydrogens (tertiary/aromatic N) is 1. The van der Waals surface area contributed by atoms with Crippen LogP contribution in [0.15, 0.2) is 0 Å². The zero-order valence-electron chi connectivity index (χ0n) is 12.0. The highest BCUT2D eigenvalue weighted by atomic mass is 15.2. The van der Waals surface area contributed by atoms with Crippen LogP contribution in [0.5, 0.6) is 0 Å². The van der Waals surface area contributed by atoms with Crippen molar-refractivity contribution >= 4 is 0 Å². The molecule has 2 aliphatic heterocycles. The first-order chi connectivity index (χ1) is 7.19. The van der Waals surface area contributed by atoms with Crippen molar-refractivity contribution in [2.45, 2.75) is 72.4 Å². The molecule has 1 aliphatic carbocycles. The normalized spacial score (nSPS) is 36.8. The van der Waals surface area contributed by atoms with E-state index in [1.54, 1.807) is 0 Å². The number of hydrogen-bond acceptors (Lipinski definition) is 1. The van der Waals surface area contributed by atoms with Gasteiger partial charge in [0.15, 0.2) is 0 Å². The Morgan fingerprint density at radius 1 is 0.938 bits per heavy atom. The molecule has 3 rings (SSSR count). The third-order valence-corrected chi connectivity index (χ3v) is 4.81. The van der Waals surface area contributed by atoms with E-state index in [-0.39, 0.29) is 0 Å². The fourth-order valence-electron chi connectivity index (χ4n) is 4.00. The summed E-state index contributed by atoms with van der Waals surface area (Å²) in [6.07, 6.45) is 4.35. The number of rotatable bonds is 0. The van der Waals surface area contributed by atoms with Gasteiger partial charge in [-0.05, 0) is 57.3 Å². The smallest absolute Gasteiger partial charge is 0.0128 e. The molecule has 0 aromatic heterocycles. The molecule has 2 bridgehead atoms. The minimum atomic E-state index is 0.367. The zero-order chi connectivity index (χ0) is 12.1. The number of fused-ring (bicyclic) bond motifs is 3. The van der Waals surface area contributed by atoms with Gasteiger partial charge < -0.3 is 0 Å². The van der Waals surface area contributed by atoms with E-state index in [0.717, 1.165) is 17.9 Å². The van der Waals surface area contributed by atoms with Crippen molar-refractivity contribution in [3.8, 4) is 0 Å². The fraction of sp³-hybridized carbons (Fsp3) is 1.00. The average molecular weight is 223 g/mol. The molecule has 16 heavy (non-hydrogen) atoms. The lowest BCUT2D eigenvalue weighted by Crippen LogP contribution is -2.60. The van der Waals surface area contributed by atoms with Crippen molar-refractivity contribution in [3.63, 3.8) is 0 Å². The summed E-state index contributed by atoms with van der Waals surface area (Å²) in [6, 6.07) is 0.856. The van der Waals surface area contributed by atoms with Crippen LogP contribution < -0.4 is 0 Å². The Bertz CT molecular complexity index is 228. The third kappa shape index (κ3) is 2.16. The second-order valence-corrected chi connectivity index (χ2v) is 8.02. The molecule has 0 N–H and O–H groups in total. The van der Waals surface area contributed by atoms with E-state index in [2.05, 4.69) is 46.4 Å². The maximum atomic E-state index is 2.77. The van der Waals surface area contributed by atoms with Crippen molar-refractivity contribution < 1.29 is 0 Å². The van der Waals surface area contributed by atoms with Gasteiger partial charge in [-0.3, -0.25) is 4.90 Å². The molecule has 0 amide bonds. The van der Waals surface area contributed by atoms with Crippen LogP contribution in [0.4, 0.5) is 0 Å². The number of hydrogen-bond donors (Lipinski definition) is 0. The Labute approximate surface area is 102 Å². The molecular formula is C15H29N. The second kappa shape index (κ2) is 3.73. The first-order valence-corrected chi connectivity index (χ1v) is 6.96. The summed E-state index contributed by atoms with van der Waals surface area (Å²) in [7, 11) is 0. The Balaban J connectivity index is 2.13. The molecule has 0 spiro atoms. The van der Waals surface area contributed by atoms with Gasteiger partial charge in [0.05, 0.1) is 0 Å². The van der Waals surface area contributed by atoms with Gasteiger partial charge in [-0.25, -0.2) is 0 Å². The maximum absolute atomic E-state index is 2.77.